The molecule has 0 unspecified atom stereocenters. The van der Waals surface area contributed by atoms with Crippen LogP contribution in [0.4, 0.5) is 23.7 Å². The van der Waals surface area contributed by atoms with Crippen molar-refractivity contribution in [1.29, 1.82) is 0 Å². The third-order valence-corrected chi connectivity index (χ3v) is 6.95. The van der Waals surface area contributed by atoms with Crippen molar-refractivity contribution in [3.63, 3.8) is 0 Å². The molecular weight excluding hydrogens is 451 g/mol. The highest BCUT2D eigenvalue weighted by Crippen LogP contribution is 2.50. The Hall–Kier alpha value is -3.57. The van der Waals surface area contributed by atoms with Gasteiger partial charge in [-0.1, -0.05) is 0 Å². The Morgan fingerprint density at radius 1 is 1.21 bits per heavy atom. The van der Waals surface area contributed by atoms with Crippen LogP contribution in [0.1, 0.15) is 34.5 Å². The summed E-state index contributed by atoms with van der Waals surface area (Å²) >= 11 is 0. The van der Waals surface area contributed by atoms with Crippen LogP contribution in [-0.2, 0) is 13.2 Å². The zero-order valence-corrected chi connectivity index (χ0v) is 18.9. The Bertz CT molecular complexity index is 1280. The first-order valence-corrected chi connectivity index (χ1v) is 10.8. The van der Waals surface area contributed by atoms with E-state index in [4.69, 9.17) is 0 Å². The minimum absolute atomic E-state index is 0.00241. The highest BCUT2D eigenvalue weighted by molar-refractivity contribution is 6.00. The average Bonchev–Trinajstić information content (AvgIpc) is 3.29. The van der Waals surface area contributed by atoms with Crippen LogP contribution in [0.15, 0.2) is 30.9 Å². The number of likely N-dealkylation sites (tertiary alicyclic amines) is 1. The van der Waals surface area contributed by atoms with Gasteiger partial charge in [0, 0.05) is 56.7 Å². The predicted octanol–water partition coefficient (Wildman–Crippen LogP) is 3.16. The predicted molar refractivity (Wildman–Crippen MR) is 116 cm³/mol. The summed E-state index contributed by atoms with van der Waals surface area (Å²) in [5, 5.41) is 6.72. The highest BCUT2D eigenvalue weighted by atomic mass is 19.4. The minimum Gasteiger partial charge on any atom is -0.337 e. The van der Waals surface area contributed by atoms with Gasteiger partial charge in [-0.2, -0.15) is 18.3 Å². The number of aromatic nitrogens is 4. The van der Waals surface area contributed by atoms with Gasteiger partial charge in [-0.25, -0.2) is 9.31 Å². The molecule has 0 radical (unpaired) electrons. The molecule has 2 fully saturated rings. The molecule has 180 valence electrons. The summed E-state index contributed by atoms with van der Waals surface area (Å²) in [6.07, 6.45) is 3.34. The van der Waals surface area contributed by atoms with Gasteiger partial charge in [0.15, 0.2) is 0 Å². The molecule has 1 N–H and O–H groups in total. The fraction of sp³-hybridized carbons (Fsp3) is 0.455. The number of amides is 3. The van der Waals surface area contributed by atoms with Crippen molar-refractivity contribution in [2.75, 3.05) is 25.5 Å². The number of fused-ring (bicyclic) bond motifs is 1. The number of anilines is 1. The van der Waals surface area contributed by atoms with E-state index < -0.39 is 17.8 Å². The lowest BCUT2D eigenvalue weighted by Gasteiger charge is -2.60. The van der Waals surface area contributed by atoms with Gasteiger partial charge >= 0.3 is 12.2 Å². The quantitative estimate of drug-likeness (QED) is 0.631. The van der Waals surface area contributed by atoms with Crippen molar-refractivity contribution < 1.29 is 22.8 Å². The second-order valence-corrected chi connectivity index (χ2v) is 9.35. The molecule has 0 atom stereocenters. The third-order valence-electron chi connectivity index (χ3n) is 6.95. The fourth-order valence-corrected chi connectivity index (χ4v) is 5.02. The molecule has 3 amide bonds. The summed E-state index contributed by atoms with van der Waals surface area (Å²) in [6, 6.07) is 0.358. The van der Waals surface area contributed by atoms with Crippen LogP contribution in [0, 0.1) is 12.3 Å². The minimum atomic E-state index is -4.54. The van der Waals surface area contributed by atoms with E-state index in [0.29, 0.717) is 18.7 Å². The summed E-state index contributed by atoms with van der Waals surface area (Å²) < 4.78 is 42.8. The molecule has 1 saturated carbocycles. The van der Waals surface area contributed by atoms with Crippen molar-refractivity contribution in [3.8, 4) is 0 Å². The number of imidazole rings is 1. The summed E-state index contributed by atoms with van der Waals surface area (Å²) in [4.78, 5) is 32.6. The summed E-state index contributed by atoms with van der Waals surface area (Å²) in [5.74, 6) is -0.0655. The first-order chi connectivity index (χ1) is 16.0. The summed E-state index contributed by atoms with van der Waals surface area (Å²) in [7, 11) is 3.49. The van der Waals surface area contributed by atoms with Crippen molar-refractivity contribution >= 4 is 23.3 Å². The van der Waals surface area contributed by atoms with E-state index in [1.165, 1.54) is 18.0 Å². The maximum absolute atomic E-state index is 13.1. The zero-order chi connectivity index (χ0) is 24.4. The molecule has 0 bridgehead atoms. The van der Waals surface area contributed by atoms with Crippen LogP contribution in [0.3, 0.4) is 0 Å². The number of hydrogen-bond acceptors (Lipinski definition) is 4. The number of urea groups is 1. The topological polar surface area (TPSA) is 87.8 Å². The summed E-state index contributed by atoms with van der Waals surface area (Å²) in [6.45, 7) is 2.49. The Morgan fingerprint density at radius 3 is 2.59 bits per heavy atom. The third kappa shape index (κ3) is 3.57. The van der Waals surface area contributed by atoms with Crippen LogP contribution in [-0.4, -0.2) is 67.1 Å². The molecule has 1 aliphatic carbocycles. The van der Waals surface area contributed by atoms with Crippen LogP contribution >= 0.6 is 0 Å². The van der Waals surface area contributed by atoms with Gasteiger partial charge in [-0.15, -0.1) is 0 Å². The lowest BCUT2D eigenvalue weighted by molar-refractivity contribution is -0.138. The number of pyridine rings is 1. The fourth-order valence-electron chi connectivity index (χ4n) is 5.02. The smallest absolute Gasteiger partial charge is 0.337 e. The Balaban J connectivity index is 1.16. The molecule has 4 heterocycles. The first kappa shape index (κ1) is 22.2. The molecule has 0 aromatic carbocycles. The van der Waals surface area contributed by atoms with E-state index in [0.717, 1.165) is 24.6 Å². The van der Waals surface area contributed by atoms with Gasteiger partial charge in [0.05, 0.1) is 23.6 Å². The van der Waals surface area contributed by atoms with Crippen LogP contribution < -0.4 is 5.32 Å². The lowest BCUT2D eigenvalue weighted by Crippen LogP contribution is -2.67. The lowest BCUT2D eigenvalue weighted by atomic mass is 9.60. The second-order valence-electron chi connectivity index (χ2n) is 9.35. The first-order valence-electron chi connectivity index (χ1n) is 10.8. The van der Waals surface area contributed by atoms with Gasteiger partial charge < -0.3 is 19.7 Å². The van der Waals surface area contributed by atoms with E-state index in [2.05, 4.69) is 15.4 Å². The van der Waals surface area contributed by atoms with E-state index in [9.17, 15) is 22.8 Å². The van der Waals surface area contributed by atoms with Crippen molar-refractivity contribution in [2.45, 2.75) is 32.0 Å². The number of nitrogens with one attached hydrogen (secondary N) is 1. The normalized spacial score (nSPS) is 17.5. The van der Waals surface area contributed by atoms with E-state index >= 15 is 0 Å². The number of rotatable bonds is 3. The molecule has 2 aliphatic rings. The average molecular weight is 475 g/mol. The number of alkyl halides is 3. The van der Waals surface area contributed by atoms with Gasteiger partial charge in [-0.05, 0) is 25.8 Å². The van der Waals surface area contributed by atoms with Crippen molar-refractivity contribution in [1.82, 2.24) is 29.0 Å². The molecule has 1 aliphatic heterocycles. The van der Waals surface area contributed by atoms with E-state index in [1.807, 2.05) is 17.8 Å². The van der Waals surface area contributed by atoms with E-state index in [1.54, 1.807) is 28.9 Å². The second kappa shape index (κ2) is 7.47. The van der Waals surface area contributed by atoms with Gasteiger partial charge in [-0.3, -0.25) is 9.78 Å². The SMILES string of the molecule is Cc1ncc(NC(=O)N(C)C2CC3(C2)CN(C(=O)c2cnn4ccn(C)c24)C3)cc1C(F)(F)F. The standard InChI is InChI=1S/C22H24F3N7O2/c1-13-17(22(23,24)25)6-14(9-26-13)28-20(34)30(3)15-7-21(8-15)11-31(12-21)19(33)16-10-27-32-5-4-29(2)18(16)32/h4-6,9-10,15H,7-8,11-12H2,1-3H3,(H,28,34). The molecule has 3 aromatic heterocycles. The Kier molecular flexibility index (Phi) is 4.88. The number of aryl methyl sites for hydroxylation is 2. The van der Waals surface area contributed by atoms with Gasteiger partial charge in [0.1, 0.15) is 11.2 Å². The van der Waals surface area contributed by atoms with Crippen molar-refractivity contribution in [2.24, 2.45) is 12.5 Å². The monoisotopic (exact) mass is 475 g/mol. The molecule has 1 saturated heterocycles. The van der Waals surface area contributed by atoms with Crippen LogP contribution in [0.5, 0.6) is 0 Å². The largest absolute Gasteiger partial charge is 0.418 e. The molecule has 9 nitrogen and oxygen atoms in total. The van der Waals surface area contributed by atoms with Crippen LogP contribution in [0.25, 0.3) is 5.65 Å². The molecule has 1 spiro atoms. The molecular formula is C22H24F3N7O2. The van der Waals surface area contributed by atoms with Crippen molar-refractivity contribution in [3.05, 3.63) is 47.7 Å². The molecule has 5 rings (SSSR count). The Morgan fingerprint density at radius 2 is 1.91 bits per heavy atom. The number of carbonyl (C=O) groups excluding carboxylic acids is 2. The number of hydrogen-bond donors (Lipinski definition) is 1. The maximum atomic E-state index is 13.1. The molecule has 12 heteroatoms. The number of halogens is 3. The van der Waals surface area contributed by atoms with Crippen LogP contribution in [0.2, 0.25) is 0 Å². The molecule has 3 aromatic rings. The van der Waals surface area contributed by atoms with Gasteiger partial charge in [0.2, 0.25) is 0 Å². The molecule has 34 heavy (non-hydrogen) atoms. The zero-order valence-electron chi connectivity index (χ0n) is 18.9. The Labute approximate surface area is 193 Å². The van der Waals surface area contributed by atoms with Gasteiger partial charge in [0.25, 0.3) is 5.91 Å². The highest BCUT2D eigenvalue weighted by Gasteiger charge is 2.55. The number of carbonyl (C=O) groups is 2. The van der Waals surface area contributed by atoms with E-state index in [-0.39, 0.29) is 28.7 Å². The maximum Gasteiger partial charge on any atom is 0.418 e. The summed E-state index contributed by atoms with van der Waals surface area (Å²) in [5.41, 5.74) is 0.253. The number of nitrogens with zero attached hydrogens (tertiary/aromatic N) is 6.